The maximum absolute atomic E-state index is 12.9. The molecule has 1 aliphatic rings. The van der Waals surface area contributed by atoms with Crippen LogP contribution in [-0.2, 0) is 11.2 Å². The predicted molar refractivity (Wildman–Crippen MR) is 131 cm³/mol. The van der Waals surface area contributed by atoms with Crippen LogP contribution in [0.1, 0.15) is 35.7 Å². The fourth-order valence-electron chi connectivity index (χ4n) is 4.33. The van der Waals surface area contributed by atoms with Crippen LogP contribution >= 0.6 is 0 Å². The van der Waals surface area contributed by atoms with Gasteiger partial charge in [0.05, 0.1) is 18.1 Å². The van der Waals surface area contributed by atoms with Gasteiger partial charge in [-0.15, -0.1) is 0 Å². The van der Waals surface area contributed by atoms with Crippen molar-refractivity contribution >= 4 is 16.9 Å². The third-order valence-electron chi connectivity index (χ3n) is 6.16. The number of carbonyl (C=O) groups excluding carboxylic acids is 1. The largest absolute Gasteiger partial charge is 0.508 e. The quantitative estimate of drug-likeness (QED) is 0.314. The van der Waals surface area contributed by atoms with E-state index in [0.717, 1.165) is 41.0 Å². The van der Waals surface area contributed by atoms with Crippen LogP contribution in [0.3, 0.4) is 0 Å². The number of nitrogens with zero attached hydrogens (tertiary/aromatic N) is 1. The summed E-state index contributed by atoms with van der Waals surface area (Å²) in [5.74, 6) is 2.27. The Bertz CT molecular complexity index is 1300. The zero-order valence-electron chi connectivity index (χ0n) is 19.4. The number of rotatable bonds is 9. The molecule has 8 nitrogen and oxygen atoms in total. The molecular weight excluding hydrogens is 446 g/mol. The summed E-state index contributed by atoms with van der Waals surface area (Å²) >= 11 is 0. The van der Waals surface area contributed by atoms with E-state index in [1.165, 1.54) is 0 Å². The Morgan fingerprint density at radius 3 is 2.69 bits per heavy atom. The number of para-hydroxylation sites is 2. The second kappa shape index (κ2) is 9.97. The number of methoxy groups -OCH3 is 1. The van der Waals surface area contributed by atoms with Crippen LogP contribution in [0.15, 0.2) is 60.7 Å². The van der Waals surface area contributed by atoms with Crippen molar-refractivity contribution in [2.75, 3.05) is 20.4 Å². The van der Waals surface area contributed by atoms with Crippen molar-refractivity contribution in [1.82, 2.24) is 15.3 Å². The molecule has 5 rings (SSSR count). The Kier molecular flexibility index (Phi) is 6.43. The van der Waals surface area contributed by atoms with Gasteiger partial charge in [-0.05, 0) is 42.3 Å². The van der Waals surface area contributed by atoms with Gasteiger partial charge in [-0.2, -0.15) is 0 Å². The Labute approximate surface area is 202 Å². The molecule has 1 aliphatic heterocycles. The average molecular weight is 474 g/mol. The third kappa shape index (κ3) is 5.01. The highest BCUT2D eigenvalue weighted by atomic mass is 16.7. The molecule has 2 heterocycles. The summed E-state index contributed by atoms with van der Waals surface area (Å²) in [6.07, 6.45) is 1.66. The van der Waals surface area contributed by atoms with Crippen molar-refractivity contribution in [1.29, 1.82) is 0 Å². The maximum atomic E-state index is 12.9. The summed E-state index contributed by atoms with van der Waals surface area (Å²) in [6, 6.07) is 18.7. The van der Waals surface area contributed by atoms with Gasteiger partial charge in [-0.25, -0.2) is 4.98 Å². The lowest BCUT2D eigenvalue weighted by Gasteiger charge is -2.20. The van der Waals surface area contributed by atoms with Gasteiger partial charge in [-0.3, -0.25) is 4.79 Å². The zero-order valence-corrected chi connectivity index (χ0v) is 19.4. The third-order valence-corrected chi connectivity index (χ3v) is 6.16. The maximum Gasteiger partial charge on any atom is 0.231 e. The Hall–Kier alpha value is -4.20. The van der Waals surface area contributed by atoms with Crippen LogP contribution < -0.4 is 19.5 Å². The highest BCUT2D eigenvalue weighted by Gasteiger charge is 2.25. The molecule has 1 unspecified atom stereocenters. The van der Waals surface area contributed by atoms with E-state index in [1.54, 1.807) is 19.2 Å². The van der Waals surface area contributed by atoms with Gasteiger partial charge in [0.15, 0.2) is 11.5 Å². The van der Waals surface area contributed by atoms with Gasteiger partial charge in [0.2, 0.25) is 12.7 Å². The van der Waals surface area contributed by atoms with Crippen molar-refractivity contribution in [3.05, 3.63) is 77.6 Å². The molecule has 3 aromatic carbocycles. The van der Waals surface area contributed by atoms with E-state index in [2.05, 4.69) is 15.3 Å². The van der Waals surface area contributed by atoms with Gasteiger partial charge >= 0.3 is 0 Å². The topological polar surface area (TPSA) is 106 Å². The molecule has 0 saturated carbocycles. The number of carbonyl (C=O) groups is 1. The lowest BCUT2D eigenvalue weighted by molar-refractivity contribution is -0.121. The first-order chi connectivity index (χ1) is 17.1. The SMILES string of the molecule is COc1ccc(C(CC(=O)NCCCc2nc3ccccc3[nH]2)c2cc3c(cc2O)OCO3)cc1. The number of hydrogen-bond acceptors (Lipinski definition) is 6. The van der Waals surface area contributed by atoms with Crippen LogP contribution in [0.5, 0.6) is 23.0 Å². The number of aryl methyl sites for hydroxylation is 1. The number of aromatic nitrogens is 2. The van der Waals surface area contributed by atoms with E-state index < -0.39 is 0 Å². The number of H-pyrrole nitrogens is 1. The van der Waals surface area contributed by atoms with Crippen LogP contribution in [-0.4, -0.2) is 41.4 Å². The lowest BCUT2D eigenvalue weighted by Crippen LogP contribution is -2.26. The van der Waals surface area contributed by atoms with Gasteiger partial charge in [0.25, 0.3) is 0 Å². The molecule has 3 N–H and O–H groups in total. The average Bonchev–Trinajstić information content (AvgIpc) is 3.51. The monoisotopic (exact) mass is 473 g/mol. The summed E-state index contributed by atoms with van der Waals surface area (Å²) in [5, 5.41) is 13.7. The molecule has 0 fully saturated rings. The fraction of sp³-hybridized carbons (Fsp3) is 0.259. The normalized spacial score (nSPS) is 13.1. The molecule has 180 valence electrons. The van der Waals surface area contributed by atoms with E-state index >= 15 is 0 Å². The summed E-state index contributed by atoms with van der Waals surface area (Å²) in [4.78, 5) is 20.8. The highest BCUT2D eigenvalue weighted by molar-refractivity contribution is 5.78. The fourth-order valence-corrected chi connectivity index (χ4v) is 4.33. The van der Waals surface area contributed by atoms with Crippen molar-refractivity contribution in [3.63, 3.8) is 0 Å². The Morgan fingerprint density at radius 2 is 1.91 bits per heavy atom. The minimum atomic E-state index is -0.370. The van der Waals surface area contributed by atoms with Crippen molar-refractivity contribution < 1.29 is 24.1 Å². The van der Waals surface area contributed by atoms with Crippen molar-refractivity contribution in [3.8, 4) is 23.0 Å². The van der Waals surface area contributed by atoms with Gasteiger partial charge in [0, 0.05) is 36.9 Å². The molecule has 0 aliphatic carbocycles. The van der Waals surface area contributed by atoms with Crippen LogP contribution in [0.4, 0.5) is 0 Å². The molecule has 4 aromatic rings. The molecule has 1 amide bonds. The minimum absolute atomic E-state index is 0.0627. The van der Waals surface area contributed by atoms with E-state index in [1.807, 2.05) is 48.5 Å². The molecular formula is C27H27N3O5. The molecule has 0 saturated heterocycles. The number of amides is 1. The van der Waals surface area contributed by atoms with Crippen LogP contribution in [0.25, 0.3) is 11.0 Å². The number of aromatic amines is 1. The molecule has 8 heteroatoms. The number of ether oxygens (including phenoxy) is 3. The van der Waals surface area contributed by atoms with Crippen molar-refractivity contribution in [2.24, 2.45) is 0 Å². The first-order valence-corrected chi connectivity index (χ1v) is 11.6. The van der Waals surface area contributed by atoms with Gasteiger partial charge in [-0.1, -0.05) is 24.3 Å². The summed E-state index contributed by atoms with van der Waals surface area (Å²) in [6.45, 7) is 0.634. The van der Waals surface area contributed by atoms with Crippen LogP contribution in [0.2, 0.25) is 0 Å². The second-order valence-electron chi connectivity index (χ2n) is 8.45. The number of aromatic hydroxyl groups is 1. The van der Waals surface area contributed by atoms with E-state index in [9.17, 15) is 9.90 Å². The second-order valence-corrected chi connectivity index (χ2v) is 8.45. The standard InChI is InChI=1S/C27H27N3O5/c1-33-18-10-8-17(9-11-18)19(20-13-24-25(15-23(20)31)35-16-34-24)14-27(32)28-12-4-7-26-29-21-5-2-3-6-22(21)30-26/h2-3,5-6,8-11,13,15,19,31H,4,7,12,14,16H2,1H3,(H,28,32)(H,29,30). The number of benzene rings is 3. The first kappa shape index (κ1) is 22.6. The first-order valence-electron chi connectivity index (χ1n) is 11.6. The molecule has 1 aromatic heterocycles. The Morgan fingerprint density at radius 1 is 1.14 bits per heavy atom. The number of fused-ring (bicyclic) bond motifs is 2. The van der Waals surface area contributed by atoms with Crippen molar-refractivity contribution in [2.45, 2.75) is 25.2 Å². The molecule has 1 atom stereocenters. The van der Waals surface area contributed by atoms with Crippen LogP contribution in [0, 0.1) is 0 Å². The molecule has 0 spiro atoms. The predicted octanol–water partition coefficient (Wildman–Crippen LogP) is 4.28. The summed E-state index contributed by atoms with van der Waals surface area (Å²) < 4.78 is 16.1. The van der Waals surface area contributed by atoms with E-state index in [-0.39, 0.29) is 30.8 Å². The summed E-state index contributed by atoms with van der Waals surface area (Å²) in [7, 11) is 1.61. The smallest absolute Gasteiger partial charge is 0.231 e. The molecule has 35 heavy (non-hydrogen) atoms. The van der Waals surface area contributed by atoms with E-state index in [4.69, 9.17) is 14.2 Å². The number of hydrogen-bond donors (Lipinski definition) is 3. The number of nitrogens with one attached hydrogen (secondary N) is 2. The zero-order chi connectivity index (χ0) is 24.2. The number of imidazole rings is 1. The summed E-state index contributed by atoms with van der Waals surface area (Å²) in [5.41, 5.74) is 3.45. The number of phenolic OH excluding ortho intramolecular Hbond substituents is 1. The van der Waals surface area contributed by atoms with Gasteiger partial charge in [0.1, 0.15) is 17.3 Å². The molecule has 0 radical (unpaired) electrons. The van der Waals surface area contributed by atoms with Gasteiger partial charge < -0.3 is 29.6 Å². The number of phenols is 1. The van der Waals surface area contributed by atoms with E-state index in [0.29, 0.717) is 23.6 Å². The minimum Gasteiger partial charge on any atom is -0.508 e. The molecule has 0 bridgehead atoms. The highest BCUT2D eigenvalue weighted by Crippen LogP contribution is 2.43. The Balaban J connectivity index is 1.26. The lowest BCUT2D eigenvalue weighted by atomic mass is 9.87.